The van der Waals surface area contributed by atoms with Crippen LogP contribution in [0.4, 0.5) is 8.78 Å². The molecular formula is C24H19F2N3O2S. The fourth-order valence-corrected chi connectivity index (χ4v) is 4.01. The summed E-state index contributed by atoms with van der Waals surface area (Å²) in [6.45, 7) is -2.89. The molecule has 0 spiro atoms. The van der Waals surface area contributed by atoms with E-state index in [2.05, 4.69) is 20.0 Å². The van der Waals surface area contributed by atoms with Crippen molar-refractivity contribution in [2.75, 3.05) is 0 Å². The zero-order valence-electron chi connectivity index (χ0n) is 16.8. The number of alkyl halides is 2. The molecule has 1 unspecified atom stereocenters. The smallest absolute Gasteiger partial charge is 0.387 e. The van der Waals surface area contributed by atoms with Gasteiger partial charge < -0.3 is 10.1 Å². The molecule has 1 N–H and O–H groups in total. The summed E-state index contributed by atoms with van der Waals surface area (Å²) in [5, 5.41) is 5.63. The molecule has 0 radical (unpaired) electrons. The van der Waals surface area contributed by atoms with Crippen LogP contribution in [0.25, 0.3) is 10.7 Å². The highest BCUT2D eigenvalue weighted by Crippen LogP contribution is 2.26. The molecule has 0 aliphatic carbocycles. The van der Waals surface area contributed by atoms with Gasteiger partial charge in [0.05, 0.1) is 23.9 Å². The van der Waals surface area contributed by atoms with E-state index in [1.54, 1.807) is 18.3 Å². The molecule has 0 fully saturated rings. The molecule has 2 aromatic carbocycles. The normalized spacial score (nSPS) is 11.8. The van der Waals surface area contributed by atoms with Crippen molar-refractivity contribution in [1.82, 2.24) is 15.3 Å². The third kappa shape index (κ3) is 5.53. The van der Waals surface area contributed by atoms with E-state index in [4.69, 9.17) is 0 Å². The van der Waals surface area contributed by atoms with Gasteiger partial charge in [-0.15, -0.1) is 11.3 Å². The van der Waals surface area contributed by atoms with Crippen molar-refractivity contribution in [1.29, 1.82) is 0 Å². The van der Waals surface area contributed by atoms with Crippen LogP contribution in [-0.4, -0.2) is 22.5 Å². The summed E-state index contributed by atoms with van der Waals surface area (Å²) in [7, 11) is 0. The van der Waals surface area contributed by atoms with Crippen molar-refractivity contribution in [3.8, 4) is 16.5 Å². The van der Waals surface area contributed by atoms with Gasteiger partial charge in [-0.2, -0.15) is 8.78 Å². The molecule has 0 saturated heterocycles. The lowest BCUT2D eigenvalue weighted by molar-refractivity contribution is -0.121. The standard InChI is InChI=1S/C24H19F2N3O2S/c25-24(26)31-19-11-9-17(10-12-19)22(16-6-2-1-3-7-16)29-21(30)14-18-15-32-23(28-18)20-8-4-5-13-27-20/h1-13,15,22,24H,14H2,(H,29,30). The van der Waals surface area contributed by atoms with Gasteiger partial charge in [-0.3, -0.25) is 9.78 Å². The highest BCUT2D eigenvalue weighted by molar-refractivity contribution is 7.13. The monoisotopic (exact) mass is 451 g/mol. The van der Waals surface area contributed by atoms with E-state index in [0.29, 0.717) is 5.69 Å². The van der Waals surface area contributed by atoms with Crippen molar-refractivity contribution >= 4 is 17.2 Å². The first-order valence-corrected chi connectivity index (χ1v) is 10.7. The maximum Gasteiger partial charge on any atom is 0.387 e. The van der Waals surface area contributed by atoms with Crippen LogP contribution in [0.2, 0.25) is 0 Å². The molecule has 32 heavy (non-hydrogen) atoms. The fraction of sp³-hybridized carbons (Fsp3) is 0.125. The van der Waals surface area contributed by atoms with Gasteiger partial charge in [0.25, 0.3) is 0 Å². The number of pyridine rings is 1. The van der Waals surface area contributed by atoms with Gasteiger partial charge in [-0.1, -0.05) is 48.5 Å². The second-order valence-electron chi connectivity index (χ2n) is 6.89. The Balaban J connectivity index is 1.50. The Bertz CT molecular complexity index is 1150. The predicted octanol–water partition coefficient (Wildman–Crippen LogP) is 5.25. The number of ether oxygens (including phenoxy) is 1. The van der Waals surface area contributed by atoms with Gasteiger partial charge in [0, 0.05) is 11.6 Å². The van der Waals surface area contributed by atoms with Crippen molar-refractivity contribution < 1.29 is 18.3 Å². The molecule has 4 aromatic rings. The van der Waals surface area contributed by atoms with Crippen molar-refractivity contribution in [2.24, 2.45) is 0 Å². The van der Waals surface area contributed by atoms with Crippen LogP contribution < -0.4 is 10.1 Å². The van der Waals surface area contributed by atoms with Crippen LogP contribution >= 0.6 is 11.3 Å². The number of rotatable bonds is 8. The zero-order valence-corrected chi connectivity index (χ0v) is 17.6. The number of aromatic nitrogens is 2. The molecule has 2 heterocycles. The Kier molecular flexibility index (Phi) is 6.81. The Morgan fingerprint density at radius 2 is 1.69 bits per heavy atom. The van der Waals surface area contributed by atoms with Crippen molar-refractivity contribution in [2.45, 2.75) is 19.1 Å². The first-order valence-electron chi connectivity index (χ1n) is 9.83. The molecular weight excluding hydrogens is 432 g/mol. The van der Waals surface area contributed by atoms with Crippen molar-refractivity contribution in [3.05, 3.63) is 101 Å². The minimum Gasteiger partial charge on any atom is -0.435 e. The van der Waals surface area contributed by atoms with E-state index in [9.17, 15) is 13.6 Å². The van der Waals surface area contributed by atoms with Crippen LogP contribution in [0.1, 0.15) is 22.9 Å². The number of carbonyl (C=O) groups is 1. The lowest BCUT2D eigenvalue weighted by Crippen LogP contribution is -2.30. The molecule has 2 aromatic heterocycles. The van der Waals surface area contributed by atoms with E-state index >= 15 is 0 Å². The fourth-order valence-electron chi connectivity index (χ4n) is 3.22. The maximum absolute atomic E-state index is 12.8. The summed E-state index contributed by atoms with van der Waals surface area (Å²) in [4.78, 5) is 21.6. The highest BCUT2D eigenvalue weighted by atomic mass is 32.1. The second-order valence-corrected chi connectivity index (χ2v) is 7.75. The average Bonchev–Trinajstić information content (AvgIpc) is 3.27. The Labute approximate surface area is 187 Å². The molecule has 4 rings (SSSR count). The van der Waals surface area contributed by atoms with Gasteiger partial charge in [0.2, 0.25) is 5.91 Å². The summed E-state index contributed by atoms with van der Waals surface area (Å²) in [5.74, 6) is -0.143. The second kappa shape index (κ2) is 10.1. The third-order valence-electron chi connectivity index (χ3n) is 4.65. The Hall–Kier alpha value is -3.65. The molecule has 8 heteroatoms. The first-order chi connectivity index (χ1) is 15.6. The number of carbonyl (C=O) groups excluding carboxylic acids is 1. The number of thiazole rings is 1. The molecule has 0 aliphatic heterocycles. The number of benzene rings is 2. The van der Waals surface area contributed by atoms with Crippen LogP contribution in [0.15, 0.2) is 84.4 Å². The van der Waals surface area contributed by atoms with E-state index in [-0.39, 0.29) is 18.1 Å². The van der Waals surface area contributed by atoms with E-state index < -0.39 is 12.7 Å². The highest BCUT2D eigenvalue weighted by Gasteiger charge is 2.18. The lowest BCUT2D eigenvalue weighted by Gasteiger charge is -2.20. The summed E-state index contributed by atoms with van der Waals surface area (Å²) in [5.41, 5.74) is 3.03. The van der Waals surface area contributed by atoms with Gasteiger partial charge in [-0.05, 0) is 35.4 Å². The van der Waals surface area contributed by atoms with Crippen LogP contribution in [-0.2, 0) is 11.2 Å². The van der Waals surface area contributed by atoms with Crippen LogP contribution in [0.3, 0.4) is 0 Å². The largest absolute Gasteiger partial charge is 0.435 e. The quantitative estimate of drug-likeness (QED) is 0.397. The average molecular weight is 451 g/mol. The summed E-state index contributed by atoms with van der Waals surface area (Å²) in [6, 6.07) is 20.8. The predicted molar refractivity (Wildman–Crippen MR) is 119 cm³/mol. The SMILES string of the molecule is O=C(Cc1csc(-c2ccccn2)n1)NC(c1ccccc1)c1ccc(OC(F)F)cc1. The minimum absolute atomic E-state index is 0.0615. The molecule has 0 bridgehead atoms. The summed E-state index contributed by atoms with van der Waals surface area (Å²) >= 11 is 1.43. The summed E-state index contributed by atoms with van der Waals surface area (Å²) in [6.07, 6.45) is 1.81. The van der Waals surface area contributed by atoms with E-state index in [1.807, 2.05) is 53.9 Å². The van der Waals surface area contributed by atoms with E-state index in [1.165, 1.54) is 23.5 Å². The minimum atomic E-state index is -2.89. The van der Waals surface area contributed by atoms with Crippen LogP contribution in [0.5, 0.6) is 5.75 Å². The number of hydrogen-bond donors (Lipinski definition) is 1. The molecule has 0 aliphatic rings. The lowest BCUT2D eigenvalue weighted by atomic mass is 9.98. The van der Waals surface area contributed by atoms with Gasteiger partial charge in [0.15, 0.2) is 0 Å². The molecule has 1 amide bonds. The molecule has 0 saturated carbocycles. The first kappa shape index (κ1) is 21.6. The summed E-state index contributed by atoms with van der Waals surface area (Å²) < 4.78 is 29.3. The number of nitrogens with one attached hydrogen (secondary N) is 1. The molecule has 162 valence electrons. The Morgan fingerprint density at radius 3 is 2.38 bits per heavy atom. The number of halogens is 2. The maximum atomic E-state index is 12.8. The number of amides is 1. The van der Waals surface area contributed by atoms with Crippen molar-refractivity contribution in [3.63, 3.8) is 0 Å². The zero-order chi connectivity index (χ0) is 22.3. The molecule has 5 nitrogen and oxygen atoms in total. The van der Waals surface area contributed by atoms with Gasteiger partial charge in [-0.25, -0.2) is 4.98 Å². The molecule has 1 atom stereocenters. The third-order valence-corrected chi connectivity index (χ3v) is 5.57. The van der Waals surface area contributed by atoms with Crippen LogP contribution in [0, 0.1) is 0 Å². The number of nitrogens with zero attached hydrogens (tertiary/aromatic N) is 2. The van der Waals surface area contributed by atoms with E-state index in [0.717, 1.165) is 21.8 Å². The van der Waals surface area contributed by atoms with Gasteiger partial charge in [0.1, 0.15) is 10.8 Å². The van der Waals surface area contributed by atoms with Gasteiger partial charge >= 0.3 is 6.61 Å². The Morgan fingerprint density at radius 1 is 0.969 bits per heavy atom. The number of hydrogen-bond acceptors (Lipinski definition) is 5. The topological polar surface area (TPSA) is 64.1 Å².